The SMILES string of the molecule is CN[C@@H]1CCCN(C(=O)c2cc(OC)c(Br)c(OC)c2)C1. The van der Waals surface area contributed by atoms with Gasteiger partial charge in [-0.3, -0.25) is 4.79 Å². The van der Waals surface area contributed by atoms with Crippen molar-refractivity contribution in [1.29, 1.82) is 0 Å². The molecule has 1 aromatic rings. The molecule has 0 bridgehead atoms. The van der Waals surface area contributed by atoms with Crippen molar-refractivity contribution >= 4 is 21.8 Å². The standard InChI is InChI=1S/C15H21BrN2O3/c1-17-11-5-4-6-18(9-11)15(19)10-7-12(20-2)14(16)13(8-10)21-3/h7-8,11,17H,4-6,9H2,1-3H3/t11-/m1/s1. The molecule has 1 N–H and O–H groups in total. The number of ether oxygens (including phenoxy) is 2. The molecule has 2 rings (SSSR count). The quantitative estimate of drug-likeness (QED) is 0.899. The highest BCUT2D eigenvalue weighted by Crippen LogP contribution is 2.36. The molecular formula is C15H21BrN2O3. The lowest BCUT2D eigenvalue weighted by atomic mass is 10.0. The molecule has 1 heterocycles. The van der Waals surface area contributed by atoms with E-state index >= 15 is 0 Å². The maximum Gasteiger partial charge on any atom is 0.254 e. The van der Waals surface area contributed by atoms with E-state index in [2.05, 4.69) is 21.2 Å². The smallest absolute Gasteiger partial charge is 0.254 e. The third-order valence-electron chi connectivity index (χ3n) is 3.81. The lowest BCUT2D eigenvalue weighted by Crippen LogP contribution is -2.46. The molecule has 1 atom stereocenters. The Morgan fingerprint density at radius 3 is 2.48 bits per heavy atom. The lowest BCUT2D eigenvalue weighted by Gasteiger charge is -2.32. The molecule has 5 nitrogen and oxygen atoms in total. The molecule has 1 saturated heterocycles. The molecule has 0 saturated carbocycles. The first-order valence-electron chi connectivity index (χ1n) is 6.98. The van der Waals surface area contributed by atoms with Crippen LogP contribution in [0.25, 0.3) is 0 Å². The summed E-state index contributed by atoms with van der Waals surface area (Å²) in [5, 5.41) is 3.24. The summed E-state index contributed by atoms with van der Waals surface area (Å²) >= 11 is 3.42. The Balaban J connectivity index is 2.26. The van der Waals surface area contributed by atoms with Crippen LogP contribution in [0.5, 0.6) is 11.5 Å². The normalized spacial score (nSPS) is 18.5. The van der Waals surface area contributed by atoms with Gasteiger partial charge >= 0.3 is 0 Å². The predicted molar refractivity (Wildman–Crippen MR) is 85.2 cm³/mol. The first kappa shape index (κ1) is 16.1. The van der Waals surface area contributed by atoms with Crippen LogP contribution in [0.4, 0.5) is 0 Å². The van der Waals surface area contributed by atoms with Crippen molar-refractivity contribution in [2.45, 2.75) is 18.9 Å². The van der Waals surface area contributed by atoms with E-state index in [1.54, 1.807) is 26.4 Å². The molecule has 0 aromatic heterocycles. The summed E-state index contributed by atoms with van der Waals surface area (Å²) in [7, 11) is 5.09. The van der Waals surface area contributed by atoms with Gasteiger partial charge in [0, 0.05) is 24.7 Å². The fraction of sp³-hybridized carbons (Fsp3) is 0.533. The summed E-state index contributed by atoms with van der Waals surface area (Å²) in [6.07, 6.45) is 2.12. The number of nitrogens with one attached hydrogen (secondary N) is 1. The van der Waals surface area contributed by atoms with Crippen LogP contribution >= 0.6 is 15.9 Å². The largest absolute Gasteiger partial charge is 0.495 e. The molecule has 1 aliphatic heterocycles. The van der Waals surface area contributed by atoms with Crippen LogP contribution in [0.1, 0.15) is 23.2 Å². The molecule has 1 aliphatic rings. The van der Waals surface area contributed by atoms with Crippen molar-refractivity contribution < 1.29 is 14.3 Å². The lowest BCUT2D eigenvalue weighted by molar-refractivity contribution is 0.0697. The second-order valence-corrected chi connectivity index (χ2v) is 5.87. The van der Waals surface area contributed by atoms with Crippen LogP contribution in [0.15, 0.2) is 16.6 Å². The number of hydrogen-bond acceptors (Lipinski definition) is 4. The molecule has 1 fully saturated rings. The minimum Gasteiger partial charge on any atom is -0.495 e. The average Bonchev–Trinajstić information content (AvgIpc) is 2.54. The number of hydrogen-bond donors (Lipinski definition) is 1. The fourth-order valence-corrected chi connectivity index (χ4v) is 3.13. The number of likely N-dealkylation sites (N-methyl/N-ethyl adjacent to an activating group) is 1. The van der Waals surface area contributed by atoms with E-state index in [1.807, 2.05) is 11.9 Å². The average molecular weight is 357 g/mol. The van der Waals surface area contributed by atoms with Crippen molar-refractivity contribution in [3.05, 3.63) is 22.2 Å². The van der Waals surface area contributed by atoms with Gasteiger partial charge in [0.15, 0.2) is 0 Å². The van der Waals surface area contributed by atoms with Gasteiger partial charge in [-0.1, -0.05) is 0 Å². The first-order chi connectivity index (χ1) is 10.1. The third-order valence-corrected chi connectivity index (χ3v) is 4.59. The number of methoxy groups -OCH3 is 2. The summed E-state index contributed by atoms with van der Waals surface area (Å²) in [6.45, 7) is 1.52. The van der Waals surface area contributed by atoms with E-state index in [-0.39, 0.29) is 5.91 Å². The zero-order chi connectivity index (χ0) is 15.4. The maximum atomic E-state index is 12.7. The molecule has 6 heteroatoms. The molecule has 21 heavy (non-hydrogen) atoms. The van der Waals surface area contributed by atoms with Gasteiger partial charge < -0.3 is 19.7 Å². The van der Waals surface area contributed by atoms with Crippen LogP contribution in [0, 0.1) is 0 Å². The third kappa shape index (κ3) is 3.49. The number of piperidine rings is 1. The van der Waals surface area contributed by atoms with Gasteiger partial charge in [-0.25, -0.2) is 0 Å². The van der Waals surface area contributed by atoms with Gasteiger partial charge in [-0.2, -0.15) is 0 Å². The Morgan fingerprint density at radius 1 is 1.33 bits per heavy atom. The molecule has 0 unspecified atom stereocenters. The molecule has 0 spiro atoms. The van der Waals surface area contributed by atoms with Gasteiger partial charge in [0.05, 0.1) is 14.2 Å². The molecule has 1 amide bonds. The van der Waals surface area contributed by atoms with Crippen molar-refractivity contribution in [3.63, 3.8) is 0 Å². The molecule has 0 aliphatic carbocycles. The summed E-state index contributed by atoms with van der Waals surface area (Å²) in [5.41, 5.74) is 0.587. The highest BCUT2D eigenvalue weighted by molar-refractivity contribution is 9.10. The summed E-state index contributed by atoms with van der Waals surface area (Å²) in [4.78, 5) is 14.6. The van der Waals surface area contributed by atoms with Crippen molar-refractivity contribution in [3.8, 4) is 11.5 Å². The van der Waals surface area contributed by atoms with Crippen LogP contribution in [-0.2, 0) is 0 Å². The number of benzene rings is 1. The first-order valence-corrected chi connectivity index (χ1v) is 7.78. The number of carbonyl (C=O) groups is 1. The number of amides is 1. The van der Waals surface area contributed by atoms with Crippen LogP contribution in [-0.4, -0.2) is 51.2 Å². The topological polar surface area (TPSA) is 50.8 Å². The number of rotatable bonds is 4. The zero-order valence-corrected chi connectivity index (χ0v) is 14.2. The Kier molecular flexibility index (Phi) is 5.47. The highest BCUT2D eigenvalue weighted by atomic mass is 79.9. The molecule has 0 radical (unpaired) electrons. The maximum absolute atomic E-state index is 12.7. The Labute approximate surface area is 133 Å². The highest BCUT2D eigenvalue weighted by Gasteiger charge is 2.25. The summed E-state index contributed by atoms with van der Waals surface area (Å²) in [6, 6.07) is 3.86. The van der Waals surface area contributed by atoms with Crippen molar-refractivity contribution in [2.75, 3.05) is 34.4 Å². The van der Waals surface area contributed by atoms with Crippen LogP contribution in [0.3, 0.4) is 0 Å². The van der Waals surface area contributed by atoms with E-state index in [0.29, 0.717) is 23.1 Å². The number of carbonyl (C=O) groups excluding carboxylic acids is 1. The van der Waals surface area contributed by atoms with Gasteiger partial charge in [-0.15, -0.1) is 0 Å². The Morgan fingerprint density at radius 2 is 1.95 bits per heavy atom. The van der Waals surface area contributed by atoms with Gasteiger partial charge in [-0.05, 0) is 48.0 Å². The number of likely N-dealkylation sites (tertiary alicyclic amines) is 1. The van der Waals surface area contributed by atoms with Crippen molar-refractivity contribution in [1.82, 2.24) is 10.2 Å². The second kappa shape index (κ2) is 7.13. The zero-order valence-electron chi connectivity index (χ0n) is 12.6. The van der Waals surface area contributed by atoms with Crippen molar-refractivity contribution in [2.24, 2.45) is 0 Å². The summed E-state index contributed by atoms with van der Waals surface area (Å²) < 4.78 is 11.3. The van der Waals surface area contributed by atoms with E-state index < -0.39 is 0 Å². The Hall–Kier alpha value is -1.27. The van der Waals surface area contributed by atoms with E-state index in [9.17, 15) is 4.79 Å². The van der Waals surface area contributed by atoms with Crippen LogP contribution < -0.4 is 14.8 Å². The van der Waals surface area contributed by atoms with E-state index in [1.165, 1.54) is 0 Å². The molecular weight excluding hydrogens is 336 g/mol. The fourth-order valence-electron chi connectivity index (χ4n) is 2.57. The van der Waals surface area contributed by atoms with E-state index in [0.717, 1.165) is 30.4 Å². The minimum atomic E-state index is 0.0130. The molecule has 1 aromatic carbocycles. The monoisotopic (exact) mass is 356 g/mol. The van der Waals surface area contributed by atoms with Gasteiger partial charge in [0.25, 0.3) is 5.91 Å². The summed E-state index contributed by atoms with van der Waals surface area (Å²) in [5.74, 6) is 1.21. The van der Waals surface area contributed by atoms with Gasteiger partial charge in [0.1, 0.15) is 16.0 Å². The minimum absolute atomic E-state index is 0.0130. The number of nitrogens with zero attached hydrogens (tertiary/aromatic N) is 1. The van der Waals surface area contributed by atoms with Gasteiger partial charge in [0.2, 0.25) is 0 Å². The molecule has 116 valence electrons. The predicted octanol–water partition coefficient (Wildman–Crippen LogP) is 2.29. The van der Waals surface area contributed by atoms with Crippen LogP contribution in [0.2, 0.25) is 0 Å². The van der Waals surface area contributed by atoms with E-state index in [4.69, 9.17) is 9.47 Å². The number of halogens is 1. The second-order valence-electron chi connectivity index (χ2n) is 5.07. The Bertz CT molecular complexity index is 497.